The first-order valence-corrected chi connectivity index (χ1v) is 12.7. The maximum absolute atomic E-state index is 13.9. The number of halogens is 2. The summed E-state index contributed by atoms with van der Waals surface area (Å²) in [5.74, 6) is -1.45. The predicted octanol–water partition coefficient (Wildman–Crippen LogP) is 3.13. The smallest absolute Gasteiger partial charge is 0.338 e. The lowest BCUT2D eigenvalue weighted by atomic mass is 9.95. The number of aliphatic carboxylic acids is 1. The summed E-state index contributed by atoms with van der Waals surface area (Å²) >= 11 is 4.80. The molecule has 2 aromatic rings. The largest absolute Gasteiger partial charge is 0.481 e. The van der Waals surface area contributed by atoms with E-state index in [0.29, 0.717) is 39.7 Å². The molecule has 1 fully saturated rings. The number of carbonyl (C=O) groups excluding carboxylic acids is 1. The second-order valence-electron chi connectivity index (χ2n) is 7.92. The number of morpholine rings is 1. The van der Waals surface area contributed by atoms with Crippen molar-refractivity contribution in [2.75, 3.05) is 32.9 Å². The number of carboxylic acids is 1. The van der Waals surface area contributed by atoms with Crippen LogP contribution in [0.2, 0.25) is 0 Å². The van der Waals surface area contributed by atoms with Crippen molar-refractivity contribution >= 4 is 45.0 Å². The number of hydrogen-bond acceptors (Lipinski definition) is 9. The van der Waals surface area contributed by atoms with Crippen LogP contribution in [-0.2, 0) is 19.1 Å². The first-order valence-electron chi connectivity index (χ1n) is 11.0. The van der Waals surface area contributed by atoms with E-state index in [1.807, 2.05) is 10.3 Å². The Bertz CT molecular complexity index is 1160. The number of rotatable bonds is 8. The number of thiazole rings is 1. The first kappa shape index (κ1) is 25.4. The minimum Gasteiger partial charge on any atom is -0.481 e. The second-order valence-corrected chi connectivity index (χ2v) is 9.67. The van der Waals surface area contributed by atoms with Crippen LogP contribution in [-0.4, -0.2) is 71.7 Å². The van der Waals surface area contributed by atoms with Crippen LogP contribution in [0, 0.1) is 5.82 Å². The van der Waals surface area contributed by atoms with Gasteiger partial charge >= 0.3 is 11.9 Å². The van der Waals surface area contributed by atoms with Crippen molar-refractivity contribution < 1.29 is 28.6 Å². The summed E-state index contributed by atoms with van der Waals surface area (Å²) in [6, 6.07) is 3.06. The molecule has 35 heavy (non-hydrogen) atoms. The van der Waals surface area contributed by atoms with Gasteiger partial charge in [0.05, 0.1) is 31.8 Å². The fourth-order valence-corrected chi connectivity index (χ4v) is 5.21. The Morgan fingerprint density at radius 1 is 1.43 bits per heavy atom. The predicted molar refractivity (Wildman–Crippen MR) is 131 cm³/mol. The number of nitrogens with one attached hydrogen (secondary N) is 1. The third kappa shape index (κ3) is 5.95. The number of aliphatic imine (C=N–C) groups is 1. The average Bonchev–Trinajstić information content (AvgIpc) is 3.35. The Hall–Kier alpha value is -2.67. The molecule has 0 saturated carbocycles. The van der Waals surface area contributed by atoms with Gasteiger partial charge in [0.2, 0.25) is 0 Å². The number of benzene rings is 1. The molecule has 2 N–H and O–H groups in total. The van der Waals surface area contributed by atoms with Gasteiger partial charge in [-0.3, -0.25) is 14.7 Å². The van der Waals surface area contributed by atoms with Crippen LogP contribution < -0.4 is 5.32 Å². The van der Waals surface area contributed by atoms with Crippen LogP contribution in [0.5, 0.6) is 0 Å². The Balaban J connectivity index is 1.81. The van der Waals surface area contributed by atoms with Crippen molar-refractivity contribution in [1.82, 2.24) is 15.2 Å². The molecule has 12 heteroatoms. The third-order valence-electron chi connectivity index (χ3n) is 5.63. The highest BCUT2D eigenvalue weighted by atomic mass is 79.9. The molecule has 9 nitrogen and oxygen atoms in total. The lowest BCUT2D eigenvalue weighted by Crippen LogP contribution is -2.49. The molecular formula is C23H24BrFN4O5S. The number of hydrogen-bond donors (Lipinski definition) is 2. The van der Waals surface area contributed by atoms with E-state index in [9.17, 15) is 19.1 Å². The molecule has 4 rings (SSSR count). The van der Waals surface area contributed by atoms with Crippen LogP contribution in [0.3, 0.4) is 0 Å². The van der Waals surface area contributed by atoms with Crippen LogP contribution in [0.4, 0.5) is 4.39 Å². The monoisotopic (exact) mass is 566 g/mol. The molecule has 1 saturated heterocycles. The van der Waals surface area contributed by atoms with Crippen molar-refractivity contribution in [3.63, 3.8) is 0 Å². The lowest BCUT2D eigenvalue weighted by Gasteiger charge is -2.37. The lowest BCUT2D eigenvalue weighted by molar-refractivity contribution is -0.141. The highest BCUT2D eigenvalue weighted by Gasteiger charge is 2.36. The standard InChI is InChI=1S/C23H24BrFN4O5S/c1-2-34-23(32)19-17(11-29-6-7-33-12-14(29)10-18(30)31)27-21(22-26-5-8-35-22)28-20(19)15-4-3-13(25)9-16(15)24/h3-5,8-9,14,20H,2,6-7,10-12H2,1H3,(H,27,28)(H,30,31). The van der Waals surface area contributed by atoms with E-state index < -0.39 is 23.8 Å². The van der Waals surface area contributed by atoms with Crippen molar-refractivity contribution in [2.24, 2.45) is 4.99 Å². The summed E-state index contributed by atoms with van der Waals surface area (Å²) < 4.78 is 25.2. The maximum atomic E-state index is 13.9. The molecule has 2 unspecified atom stereocenters. The van der Waals surface area contributed by atoms with Gasteiger partial charge in [0.15, 0.2) is 10.8 Å². The van der Waals surface area contributed by atoms with Crippen molar-refractivity contribution in [3.8, 4) is 0 Å². The van der Waals surface area contributed by atoms with Gasteiger partial charge in [0, 0.05) is 40.9 Å². The summed E-state index contributed by atoms with van der Waals surface area (Å²) in [6.07, 6.45) is 1.56. The molecule has 2 aliphatic rings. The number of nitrogens with zero attached hydrogens (tertiary/aromatic N) is 3. The molecule has 2 aliphatic heterocycles. The summed E-state index contributed by atoms with van der Waals surface area (Å²) in [4.78, 5) is 35.8. The van der Waals surface area contributed by atoms with Crippen LogP contribution in [0.1, 0.15) is 30.0 Å². The third-order valence-corrected chi connectivity index (χ3v) is 7.10. The van der Waals surface area contributed by atoms with Gasteiger partial charge in [-0.2, -0.15) is 0 Å². The summed E-state index contributed by atoms with van der Waals surface area (Å²) in [5, 5.41) is 15.1. The Morgan fingerprint density at radius 2 is 2.26 bits per heavy atom. The van der Waals surface area contributed by atoms with E-state index in [-0.39, 0.29) is 37.8 Å². The fraction of sp³-hybridized carbons (Fsp3) is 0.391. The number of esters is 1. The van der Waals surface area contributed by atoms with E-state index >= 15 is 0 Å². The molecule has 3 heterocycles. The van der Waals surface area contributed by atoms with Crippen molar-refractivity contribution in [1.29, 1.82) is 0 Å². The Labute approximate surface area is 213 Å². The van der Waals surface area contributed by atoms with E-state index in [1.54, 1.807) is 19.2 Å². The van der Waals surface area contributed by atoms with Gasteiger partial charge in [-0.25, -0.2) is 14.2 Å². The zero-order chi connectivity index (χ0) is 24.9. The van der Waals surface area contributed by atoms with Crippen LogP contribution in [0.25, 0.3) is 0 Å². The van der Waals surface area contributed by atoms with E-state index in [2.05, 4.69) is 26.2 Å². The van der Waals surface area contributed by atoms with Gasteiger partial charge in [-0.1, -0.05) is 22.0 Å². The highest BCUT2D eigenvalue weighted by Crippen LogP contribution is 2.37. The molecule has 0 bridgehead atoms. The molecule has 0 amide bonds. The normalized spacial score (nSPS) is 20.8. The molecule has 0 radical (unpaired) electrons. The number of aromatic nitrogens is 1. The molecular weight excluding hydrogens is 543 g/mol. The van der Waals surface area contributed by atoms with E-state index in [1.165, 1.54) is 23.5 Å². The van der Waals surface area contributed by atoms with Gasteiger partial charge < -0.3 is 19.9 Å². The number of carbonyl (C=O) groups is 2. The minimum atomic E-state index is -0.931. The highest BCUT2D eigenvalue weighted by molar-refractivity contribution is 9.10. The first-order chi connectivity index (χ1) is 16.9. The van der Waals surface area contributed by atoms with Crippen LogP contribution in [0.15, 0.2) is 50.5 Å². The van der Waals surface area contributed by atoms with E-state index in [0.717, 1.165) is 0 Å². The zero-order valence-corrected chi connectivity index (χ0v) is 21.3. The number of amidine groups is 1. The summed E-state index contributed by atoms with van der Waals surface area (Å²) in [7, 11) is 0. The van der Waals surface area contributed by atoms with Gasteiger partial charge in [0.25, 0.3) is 0 Å². The van der Waals surface area contributed by atoms with Gasteiger partial charge in [0.1, 0.15) is 11.9 Å². The second kappa shape index (κ2) is 11.4. The Kier molecular flexibility index (Phi) is 8.26. The quantitative estimate of drug-likeness (QED) is 0.468. The average molecular weight is 567 g/mol. The number of ether oxygens (including phenoxy) is 2. The minimum absolute atomic E-state index is 0.0949. The van der Waals surface area contributed by atoms with Gasteiger partial charge in [-0.15, -0.1) is 11.3 Å². The Morgan fingerprint density at radius 3 is 2.94 bits per heavy atom. The maximum Gasteiger partial charge on any atom is 0.338 e. The molecule has 1 aromatic heterocycles. The topological polar surface area (TPSA) is 113 Å². The zero-order valence-electron chi connectivity index (χ0n) is 18.9. The van der Waals surface area contributed by atoms with Gasteiger partial charge in [-0.05, 0) is 24.6 Å². The molecule has 0 aliphatic carbocycles. The molecule has 186 valence electrons. The number of carboxylic acid groups (broad SMARTS) is 1. The van der Waals surface area contributed by atoms with Crippen molar-refractivity contribution in [3.05, 3.63) is 61.9 Å². The van der Waals surface area contributed by atoms with Crippen LogP contribution >= 0.6 is 27.3 Å². The SMILES string of the molecule is CCOC(=O)C1=C(CN2CCOCC2CC(=O)O)NC(c2nccs2)=NC1c1ccc(F)cc1Br. The molecule has 2 atom stereocenters. The van der Waals surface area contributed by atoms with E-state index in [4.69, 9.17) is 14.5 Å². The molecule has 0 spiro atoms. The molecule has 1 aromatic carbocycles. The van der Waals surface area contributed by atoms with Crippen molar-refractivity contribution in [2.45, 2.75) is 25.4 Å². The summed E-state index contributed by atoms with van der Waals surface area (Å²) in [5.41, 5.74) is 1.40. The fourth-order valence-electron chi connectivity index (χ4n) is 4.06. The summed E-state index contributed by atoms with van der Waals surface area (Å²) in [6.45, 7) is 3.33.